The van der Waals surface area contributed by atoms with Gasteiger partial charge >= 0.3 is 0 Å². The van der Waals surface area contributed by atoms with Crippen molar-refractivity contribution in [2.24, 2.45) is 12.8 Å². The van der Waals surface area contributed by atoms with Gasteiger partial charge in [0.05, 0.1) is 18.1 Å². The number of aryl methyl sites for hydroxylation is 1. The van der Waals surface area contributed by atoms with E-state index < -0.39 is 0 Å². The predicted octanol–water partition coefficient (Wildman–Crippen LogP) is 1.66. The number of rotatable bonds is 6. The largest absolute Gasteiger partial charge is 0.336 e. The summed E-state index contributed by atoms with van der Waals surface area (Å²) in [5.74, 6) is 0. The summed E-state index contributed by atoms with van der Waals surface area (Å²) in [4.78, 5) is 7.89. The standard InChI is InChI=1S/C13H20N4S/c1-16(6-5-11-4-3-7-18-11)12(8-14)13-9-15-10-17(13)2/h3-4,7,9-10,12H,5-6,8,14H2,1-2H3. The van der Waals surface area contributed by atoms with Crippen LogP contribution in [-0.2, 0) is 13.5 Å². The lowest BCUT2D eigenvalue weighted by Crippen LogP contribution is -2.33. The van der Waals surface area contributed by atoms with Crippen LogP contribution in [0.4, 0.5) is 0 Å². The van der Waals surface area contributed by atoms with E-state index in [-0.39, 0.29) is 6.04 Å². The van der Waals surface area contributed by atoms with Crippen molar-refractivity contribution in [1.29, 1.82) is 0 Å². The van der Waals surface area contributed by atoms with Crippen molar-refractivity contribution in [3.05, 3.63) is 40.6 Å². The van der Waals surface area contributed by atoms with Gasteiger partial charge in [-0.1, -0.05) is 6.07 Å². The van der Waals surface area contributed by atoms with Gasteiger partial charge in [-0.2, -0.15) is 0 Å². The second kappa shape index (κ2) is 6.13. The molecule has 1 unspecified atom stereocenters. The van der Waals surface area contributed by atoms with Crippen LogP contribution in [-0.4, -0.2) is 34.6 Å². The van der Waals surface area contributed by atoms with Gasteiger partial charge in [0, 0.05) is 31.2 Å². The van der Waals surface area contributed by atoms with Crippen LogP contribution in [0.5, 0.6) is 0 Å². The number of nitrogens with zero attached hydrogens (tertiary/aromatic N) is 3. The van der Waals surface area contributed by atoms with Gasteiger partial charge in [0.25, 0.3) is 0 Å². The van der Waals surface area contributed by atoms with Crippen LogP contribution in [0.2, 0.25) is 0 Å². The molecule has 98 valence electrons. The quantitative estimate of drug-likeness (QED) is 0.863. The van der Waals surface area contributed by atoms with E-state index in [0.717, 1.165) is 13.0 Å². The summed E-state index contributed by atoms with van der Waals surface area (Å²) in [5, 5.41) is 2.12. The van der Waals surface area contributed by atoms with Gasteiger partial charge in [0.15, 0.2) is 0 Å². The molecule has 0 aliphatic heterocycles. The Kier molecular flexibility index (Phi) is 4.52. The van der Waals surface area contributed by atoms with E-state index in [1.165, 1.54) is 10.6 Å². The van der Waals surface area contributed by atoms with Gasteiger partial charge in [0.2, 0.25) is 0 Å². The zero-order valence-electron chi connectivity index (χ0n) is 10.9. The first-order valence-corrected chi connectivity index (χ1v) is 6.99. The second-order valence-electron chi connectivity index (χ2n) is 4.49. The second-order valence-corrected chi connectivity index (χ2v) is 5.52. The van der Waals surface area contributed by atoms with E-state index in [1.54, 1.807) is 0 Å². The average molecular weight is 264 g/mol. The van der Waals surface area contributed by atoms with Crippen LogP contribution >= 0.6 is 11.3 Å². The molecular weight excluding hydrogens is 244 g/mol. The van der Waals surface area contributed by atoms with E-state index in [0.29, 0.717) is 6.54 Å². The van der Waals surface area contributed by atoms with Crippen LogP contribution in [0.25, 0.3) is 0 Å². The van der Waals surface area contributed by atoms with Gasteiger partial charge in [-0.15, -0.1) is 11.3 Å². The summed E-state index contributed by atoms with van der Waals surface area (Å²) in [7, 11) is 4.14. The third-order valence-corrected chi connectivity index (χ3v) is 4.18. The van der Waals surface area contributed by atoms with Crippen molar-refractivity contribution >= 4 is 11.3 Å². The number of imidazole rings is 1. The number of aromatic nitrogens is 2. The van der Waals surface area contributed by atoms with E-state index in [1.807, 2.05) is 35.5 Å². The highest BCUT2D eigenvalue weighted by Crippen LogP contribution is 2.18. The Bertz CT molecular complexity index is 463. The maximum Gasteiger partial charge on any atom is 0.0946 e. The molecule has 18 heavy (non-hydrogen) atoms. The summed E-state index contributed by atoms with van der Waals surface area (Å²) in [6.07, 6.45) is 4.80. The van der Waals surface area contributed by atoms with E-state index in [9.17, 15) is 0 Å². The molecule has 2 rings (SSSR count). The first-order valence-electron chi connectivity index (χ1n) is 6.11. The third kappa shape index (κ3) is 2.98. The van der Waals surface area contributed by atoms with Crippen LogP contribution in [0.15, 0.2) is 30.0 Å². The molecule has 0 aliphatic rings. The molecule has 0 radical (unpaired) electrons. The Hall–Kier alpha value is -1.17. The zero-order chi connectivity index (χ0) is 13.0. The molecule has 2 N–H and O–H groups in total. The molecule has 2 heterocycles. The number of likely N-dealkylation sites (N-methyl/N-ethyl adjacent to an activating group) is 1. The Labute approximate surface area is 112 Å². The lowest BCUT2D eigenvalue weighted by molar-refractivity contribution is 0.245. The molecule has 0 spiro atoms. The smallest absolute Gasteiger partial charge is 0.0946 e. The topological polar surface area (TPSA) is 47.1 Å². The molecule has 0 aliphatic carbocycles. The molecule has 0 bridgehead atoms. The van der Waals surface area contributed by atoms with Gasteiger partial charge in [-0.05, 0) is 24.9 Å². The highest BCUT2D eigenvalue weighted by Gasteiger charge is 2.18. The number of nitrogens with two attached hydrogens (primary N) is 1. The Balaban J connectivity index is 1.98. The Morgan fingerprint density at radius 1 is 1.56 bits per heavy atom. The lowest BCUT2D eigenvalue weighted by Gasteiger charge is -2.26. The summed E-state index contributed by atoms with van der Waals surface area (Å²) in [6, 6.07) is 4.51. The predicted molar refractivity (Wildman–Crippen MR) is 75.7 cm³/mol. The van der Waals surface area contributed by atoms with Crippen LogP contribution < -0.4 is 5.73 Å². The molecule has 1 atom stereocenters. The van der Waals surface area contributed by atoms with Crippen LogP contribution in [0.1, 0.15) is 16.6 Å². The van der Waals surface area contributed by atoms with Crippen LogP contribution in [0, 0.1) is 0 Å². The summed E-state index contributed by atoms with van der Waals surface area (Å²) in [5.41, 5.74) is 7.07. The molecule has 0 fully saturated rings. The molecule has 2 aromatic rings. The zero-order valence-corrected chi connectivity index (χ0v) is 11.7. The average Bonchev–Trinajstić information content (AvgIpc) is 3.00. The molecule has 4 nitrogen and oxygen atoms in total. The fourth-order valence-electron chi connectivity index (χ4n) is 2.11. The van der Waals surface area contributed by atoms with Gasteiger partial charge in [-0.25, -0.2) is 4.98 Å². The third-order valence-electron chi connectivity index (χ3n) is 3.24. The first-order chi connectivity index (χ1) is 8.72. The first kappa shape index (κ1) is 13.3. The molecular formula is C13H20N4S. The summed E-state index contributed by atoms with van der Waals surface area (Å²) < 4.78 is 2.04. The minimum Gasteiger partial charge on any atom is -0.336 e. The summed E-state index contributed by atoms with van der Waals surface area (Å²) >= 11 is 1.81. The van der Waals surface area contributed by atoms with Crippen molar-refractivity contribution in [3.63, 3.8) is 0 Å². The molecule has 0 aromatic carbocycles. The van der Waals surface area contributed by atoms with Crippen molar-refractivity contribution in [2.45, 2.75) is 12.5 Å². The molecule has 2 aromatic heterocycles. The van der Waals surface area contributed by atoms with Crippen LogP contribution in [0.3, 0.4) is 0 Å². The molecule has 0 amide bonds. The van der Waals surface area contributed by atoms with Gasteiger partial charge in [0.1, 0.15) is 0 Å². The molecule has 0 saturated carbocycles. The van der Waals surface area contributed by atoms with Crippen molar-refractivity contribution in [3.8, 4) is 0 Å². The Morgan fingerprint density at radius 3 is 2.94 bits per heavy atom. The monoisotopic (exact) mass is 264 g/mol. The lowest BCUT2D eigenvalue weighted by atomic mass is 10.2. The number of hydrogen-bond donors (Lipinski definition) is 1. The number of hydrogen-bond acceptors (Lipinski definition) is 4. The Morgan fingerprint density at radius 2 is 2.39 bits per heavy atom. The number of thiophene rings is 1. The fraction of sp³-hybridized carbons (Fsp3) is 0.462. The van der Waals surface area contributed by atoms with Crippen molar-refractivity contribution in [1.82, 2.24) is 14.5 Å². The molecule has 5 heteroatoms. The minimum absolute atomic E-state index is 0.234. The highest BCUT2D eigenvalue weighted by atomic mass is 32.1. The maximum absolute atomic E-state index is 5.90. The normalized spacial score (nSPS) is 13.1. The van der Waals surface area contributed by atoms with E-state index >= 15 is 0 Å². The van der Waals surface area contributed by atoms with Crippen molar-refractivity contribution in [2.75, 3.05) is 20.1 Å². The van der Waals surface area contributed by atoms with E-state index in [2.05, 4.69) is 34.4 Å². The molecule has 0 saturated heterocycles. The van der Waals surface area contributed by atoms with Gasteiger partial charge in [-0.3, -0.25) is 4.90 Å². The van der Waals surface area contributed by atoms with Crippen molar-refractivity contribution < 1.29 is 0 Å². The summed E-state index contributed by atoms with van der Waals surface area (Å²) in [6.45, 7) is 1.62. The minimum atomic E-state index is 0.234. The SMILES string of the molecule is CN(CCc1cccs1)C(CN)c1cncn1C. The highest BCUT2D eigenvalue weighted by molar-refractivity contribution is 7.09. The fourth-order valence-corrected chi connectivity index (χ4v) is 2.81. The van der Waals surface area contributed by atoms with Gasteiger partial charge < -0.3 is 10.3 Å². The maximum atomic E-state index is 5.90. The van der Waals surface area contributed by atoms with E-state index in [4.69, 9.17) is 5.73 Å².